The van der Waals surface area contributed by atoms with Gasteiger partial charge >= 0.3 is 0 Å². The van der Waals surface area contributed by atoms with E-state index in [0.717, 1.165) is 47.7 Å². The second-order valence-electron chi connectivity index (χ2n) is 8.78. The normalized spacial score (nSPS) is 16.8. The Hall–Kier alpha value is -3.53. The highest BCUT2D eigenvalue weighted by Gasteiger charge is 2.32. The molecule has 33 heavy (non-hydrogen) atoms. The molecule has 0 bridgehead atoms. The standard InChI is InChI=1S/C26H30N4O3/c1-18-15-21(19(2)30(18)23-7-9-24(33-3)10-8-23)16-22(17-27)26(32)29-13-11-28(12-14-29)25(31)20-5-4-6-20/h7-10,15-16,20H,4-6,11-14H2,1-3H3/b22-16-. The van der Waals surface area contributed by atoms with Gasteiger partial charge in [-0.2, -0.15) is 5.26 Å². The van der Waals surface area contributed by atoms with E-state index in [-0.39, 0.29) is 23.3 Å². The fraction of sp³-hybridized carbons (Fsp3) is 0.423. The van der Waals surface area contributed by atoms with Gasteiger partial charge in [0.15, 0.2) is 0 Å². The number of carbonyl (C=O) groups excluding carboxylic acids is 2. The Bertz CT molecular complexity index is 1110. The van der Waals surface area contributed by atoms with E-state index in [1.807, 2.05) is 49.1 Å². The van der Waals surface area contributed by atoms with Crippen molar-refractivity contribution in [2.24, 2.45) is 5.92 Å². The number of amides is 2. The lowest BCUT2D eigenvalue weighted by molar-refractivity contribution is -0.142. The molecule has 1 saturated heterocycles. The van der Waals surface area contributed by atoms with Crippen LogP contribution in [0.5, 0.6) is 5.75 Å². The van der Waals surface area contributed by atoms with E-state index in [2.05, 4.69) is 10.6 Å². The van der Waals surface area contributed by atoms with Crippen molar-refractivity contribution in [3.8, 4) is 17.5 Å². The highest BCUT2D eigenvalue weighted by Crippen LogP contribution is 2.29. The van der Waals surface area contributed by atoms with E-state index in [9.17, 15) is 14.9 Å². The predicted molar refractivity (Wildman–Crippen MR) is 126 cm³/mol. The van der Waals surface area contributed by atoms with Gasteiger partial charge in [-0.05, 0) is 68.7 Å². The molecular formula is C26H30N4O3. The quantitative estimate of drug-likeness (QED) is 0.520. The number of hydrogen-bond acceptors (Lipinski definition) is 4. The number of carbonyl (C=O) groups is 2. The van der Waals surface area contributed by atoms with Gasteiger partial charge in [0.05, 0.1) is 7.11 Å². The molecule has 2 amide bonds. The van der Waals surface area contributed by atoms with Crippen LogP contribution in [-0.2, 0) is 9.59 Å². The van der Waals surface area contributed by atoms with Gasteiger partial charge in [0.25, 0.3) is 5.91 Å². The second-order valence-corrected chi connectivity index (χ2v) is 8.78. The number of ether oxygens (including phenoxy) is 1. The van der Waals surface area contributed by atoms with Crippen LogP contribution in [0.2, 0.25) is 0 Å². The van der Waals surface area contributed by atoms with Crippen LogP contribution in [-0.4, -0.2) is 59.5 Å². The lowest BCUT2D eigenvalue weighted by Crippen LogP contribution is -2.52. The SMILES string of the molecule is COc1ccc(-n2c(C)cc(/C=C(/C#N)C(=O)N3CCN(C(=O)C4CCC4)CC3)c2C)cc1. The number of methoxy groups -OCH3 is 1. The van der Waals surface area contributed by atoms with E-state index in [1.165, 1.54) is 0 Å². The zero-order valence-corrected chi connectivity index (χ0v) is 19.5. The summed E-state index contributed by atoms with van der Waals surface area (Å²) < 4.78 is 7.34. The Morgan fingerprint density at radius 1 is 1.06 bits per heavy atom. The summed E-state index contributed by atoms with van der Waals surface area (Å²) in [6, 6.07) is 11.8. The van der Waals surface area contributed by atoms with Crippen molar-refractivity contribution in [2.75, 3.05) is 33.3 Å². The molecule has 2 fully saturated rings. The third-order valence-corrected chi connectivity index (χ3v) is 6.78. The highest BCUT2D eigenvalue weighted by atomic mass is 16.5. The summed E-state index contributed by atoms with van der Waals surface area (Å²) in [4.78, 5) is 29.1. The van der Waals surface area contributed by atoms with Gasteiger partial charge < -0.3 is 19.1 Å². The average molecular weight is 447 g/mol. The summed E-state index contributed by atoms with van der Waals surface area (Å²) in [6.07, 6.45) is 4.77. The number of benzene rings is 1. The van der Waals surface area contributed by atoms with Crippen LogP contribution < -0.4 is 4.74 Å². The maximum Gasteiger partial charge on any atom is 0.264 e. The summed E-state index contributed by atoms with van der Waals surface area (Å²) >= 11 is 0. The maximum atomic E-state index is 13.1. The first-order valence-corrected chi connectivity index (χ1v) is 11.5. The molecule has 0 unspecified atom stereocenters. The summed E-state index contributed by atoms with van der Waals surface area (Å²) in [6.45, 7) is 5.97. The maximum absolute atomic E-state index is 13.1. The van der Waals surface area contributed by atoms with Gasteiger partial charge in [0.2, 0.25) is 5.91 Å². The van der Waals surface area contributed by atoms with E-state index >= 15 is 0 Å². The van der Waals surface area contributed by atoms with Crippen LogP contribution in [0.4, 0.5) is 0 Å². The molecule has 0 N–H and O–H groups in total. The molecule has 1 aliphatic carbocycles. The Morgan fingerprint density at radius 3 is 2.24 bits per heavy atom. The van der Waals surface area contributed by atoms with Gasteiger partial charge in [-0.1, -0.05) is 6.42 Å². The third-order valence-electron chi connectivity index (χ3n) is 6.78. The molecule has 1 saturated carbocycles. The fourth-order valence-corrected chi connectivity index (χ4v) is 4.57. The Labute approximate surface area is 194 Å². The molecule has 1 aliphatic heterocycles. The van der Waals surface area contributed by atoms with E-state index < -0.39 is 0 Å². The second kappa shape index (κ2) is 9.53. The molecule has 1 aromatic heterocycles. The Morgan fingerprint density at radius 2 is 1.70 bits per heavy atom. The van der Waals surface area contributed by atoms with Crippen molar-refractivity contribution in [3.05, 3.63) is 52.9 Å². The van der Waals surface area contributed by atoms with Crippen LogP contribution in [0.15, 0.2) is 35.9 Å². The monoisotopic (exact) mass is 446 g/mol. The summed E-state index contributed by atoms with van der Waals surface area (Å²) in [7, 11) is 1.64. The van der Waals surface area contributed by atoms with Crippen LogP contribution in [0, 0.1) is 31.1 Å². The molecule has 4 rings (SSSR count). The van der Waals surface area contributed by atoms with Crippen molar-refractivity contribution in [2.45, 2.75) is 33.1 Å². The van der Waals surface area contributed by atoms with Gasteiger partial charge in [-0.3, -0.25) is 9.59 Å². The van der Waals surface area contributed by atoms with Crippen LogP contribution in [0.25, 0.3) is 11.8 Å². The largest absolute Gasteiger partial charge is 0.497 e. The molecule has 2 heterocycles. The van der Waals surface area contributed by atoms with Crippen LogP contribution >= 0.6 is 0 Å². The van der Waals surface area contributed by atoms with Crippen molar-refractivity contribution < 1.29 is 14.3 Å². The van der Waals surface area contributed by atoms with E-state index in [0.29, 0.717) is 26.2 Å². The Kier molecular flexibility index (Phi) is 6.55. The van der Waals surface area contributed by atoms with Crippen molar-refractivity contribution >= 4 is 17.9 Å². The Balaban J connectivity index is 1.49. The first-order chi connectivity index (χ1) is 15.9. The molecule has 0 radical (unpaired) electrons. The lowest BCUT2D eigenvalue weighted by Gasteiger charge is -2.38. The zero-order valence-electron chi connectivity index (χ0n) is 19.5. The molecule has 1 aromatic carbocycles. The van der Waals surface area contributed by atoms with E-state index in [1.54, 1.807) is 18.1 Å². The van der Waals surface area contributed by atoms with Crippen molar-refractivity contribution in [3.63, 3.8) is 0 Å². The molecule has 0 spiro atoms. The molecule has 7 heteroatoms. The van der Waals surface area contributed by atoms with Crippen LogP contribution in [0.3, 0.4) is 0 Å². The third kappa shape index (κ3) is 4.51. The van der Waals surface area contributed by atoms with Gasteiger partial charge in [-0.25, -0.2) is 0 Å². The minimum Gasteiger partial charge on any atom is -0.497 e. The molecular weight excluding hydrogens is 416 g/mol. The molecule has 0 atom stereocenters. The zero-order chi connectivity index (χ0) is 23.5. The smallest absolute Gasteiger partial charge is 0.264 e. The fourth-order valence-electron chi connectivity index (χ4n) is 4.57. The molecule has 2 aliphatic rings. The number of piperazine rings is 1. The number of rotatable bonds is 5. The molecule has 2 aromatic rings. The minimum atomic E-state index is -0.275. The number of nitrogens with zero attached hydrogens (tertiary/aromatic N) is 4. The molecule has 7 nitrogen and oxygen atoms in total. The summed E-state index contributed by atoms with van der Waals surface area (Å²) in [5, 5.41) is 9.73. The number of hydrogen-bond donors (Lipinski definition) is 0. The summed E-state index contributed by atoms with van der Waals surface area (Å²) in [5.74, 6) is 0.897. The number of nitriles is 1. The highest BCUT2D eigenvalue weighted by molar-refractivity contribution is 6.02. The predicted octanol–water partition coefficient (Wildman–Crippen LogP) is 3.48. The lowest BCUT2D eigenvalue weighted by atomic mass is 9.84. The number of aryl methyl sites for hydroxylation is 1. The summed E-state index contributed by atoms with van der Waals surface area (Å²) in [5.41, 5.74) is 3.91. The molecule has 172 valence electrons. The minimum absolute atomic E-state index is 0.115. The van der Waals surface area contributed by atoms with E-state index in [4.69, 9.17) is 4.74 Å². The first kappa shape index (κ1) is 22.7. The van der Waals surface area contributed by atoms with Crippen LogP contribution in [0.1, 0.15) is 36.2 Å². The van der Waals surface area contributed by atoms with Gasteiger partial charge in [0.1, 0.15) is 17.4 Å². The average Bonchev–Trinajstić information content (AvgIpc) is 3.08. The van der Waals surface area contributed by atoms with Crippen molar-refractivity contribution in [1.82, 2.24) is 14.4 Å². The van der Waals surface area contributed by atoms with Gasteiger partial charge in [-0.15, -0.1) is 0 Å². The topological polar surface area (TPSA) is 78.6 Å². The van der Waals surface area contributed by atoms with Crippen molar-refractivity contribution in [1.29, 1.82) is 5.26 Å². The van der Waals surface area contributed by atoms with Gasteiger partial charge in [0, 0.05) is 49.2 Å². The number of aromatic nitrogens is 1. The first-order valence-electron chi connectivity index (χ1n) is 11.5.